The maximum absolute atomic E-state index is 5.48. The zero-order valence-electron chi connectivity index (χ0n) is 5.00. The summed E-state index contributed by atoms with van der Waals surface area (Å²) in [5.74, 6) is 0. The summed E-state index contributed by atoms with van der Waals surface area (Å²) in [4.78, 5) is 0. The third-order valence-electron chi connectivity index (χ3n) is 0.948. The second-order valence-electron chi connectivity index (χ2n) is 1.57. The van der Waals surface area contributed by atoms with Gasteiger partial charge in [0.15, 0.2) is 5.15 Å². The summed E-state index contributed by atoms with van der Waals surface area (Å²) in [6, 6.07) is 3.53. The van der Waals surface area contributed by atoms with E-state index in [1.54, 1.807) is 6.07 Å². The van der Waals surface area contributed by atoms with Crippen molar-refractivity contribution in [3.63, 3.8) is 0 Å². The molecule has 0 saturated heterocycles. The zero-order valence-corrected chi connectivity index (χ0v) is 5.76. The Hall–Kier alpha value is -0.630. The molecule has 0 unspecified atom stereocenters. The van der Waals surface area contributed by atoms with E-state index in [1.165, 1.54) is 0 Å². The Bertz CT molecular complexity index is 183. The Morgan fingerprint density at radius 3 is 2.67 bits per heavy atom. The Kier molecular flexibility index (Phi) is 2.01. The van der Waals surface area contributed by atoms with Gasteiger partial charge < -0.3 is 0 Å². The van der Waals surface area contributed by atoms with Gasteiger partial charge >= 0.3 is 0 Å². The van der Waals surface area contributed by atoms with Crippen molar-refractivity contribution in [3.05, 3.63) is 29.4 Å². The molecule has 0 saturated carbocycles. The summed E-state index contributed by atoms with van der Waals surface area (Å²) < 4.78 is 0. The molecule has 3 heteroatoms. The molecule has 9 heavy (non-hydrogen) atoms. The minimum Gasteiger partial charge on any atom is -0.154 e. The molecule has 0 aliphatic carbocycles. The SMILES string of the molecule is C[CH]c1ccc(Cl)nn1. The van der Waals surface area contributed by atoms with Crippen LogP contribution in [0.4, 0.5) is 0 Å². The van der Waals surface area contributed by atoms with E-state index in [4.69, 9.17) is 11.6 Å². The van der Waals surface area contributed by atoms with Crippen LogP contribution in [0, 0.1) is 6.42 Å². The molecule has 1 aromatic heterocycles. The van der Waals surface area contributed by atoms with Crippen LogP contribution in [0.5, 0.6) is 0 Å². The first kappa shape index (κ1) is 6.49. The van der Waals surface area contributed by atoms with Crippen molar-refractivity contribution in [1.82, 2.24) is 10.2 Å². The Labute approximate surface area is 58.9 Å². The first-order valence-electron chi connectivity index (χ1n) is 2.61. The molecular weight excluding hydrogens is 136 g/mol. The molecule has 1 heterocycles. The average molecular weight is 142 g/mol. The normalized spacial score (nSPS) is 9.56. The summed E-state index contributed by atoms with van der Waals surface area (Å²) in [5, 5.41) is 7.82. The van der Waals surface area contributed by atoms with Gasteiger partial charge in [0.05, 0.1) is 5.69 Å². The summed E-state index contributed by atoms with van der Waals surface area (Å²) in [6.45, 7) is 1.90. The molecule has 1 radical (unpaired) electrons. The smallest absolute Gasteiger partial charge is 0.151 e. The summed E-state index contributed by atoms with van der Waals surface area (Å²) >= 11 is 5.48. The molecule has 0 spiro atoms. The minimum atomic E-state index is 0.431. The van der Waals surface area contributed by atoms with Crippen LogP contribution in [0.25, 0.3) is 0 Å². The van der Waals surface area contributed by atoms with Crippen molar-refractivity contribution in [1.29, 1.82) is 0 Å². The lowest BCUT2D eigenvalue weighted by atomic mass is 10.3. The van der Waals surface area contributed by atoms with Gasteiger partial charge in [-0.25, -0.2) is 0 Å². The van der Waals surface area contributed by atoms with E-state index >= 15 is 0 Å². The summed E-state index contributed by atoms with van der Waals surface area (Å²) in [7, 11) is 0. The van der Waals surface area contributed by atoms with E-state index in [1.807, 2.05) is 19.4 Å². The van der Waals surface area contributed by atoms with Crippen LogP contribution in [0.3, 0.4) is 0 Å². The molecule has 0 atom stereocenters. The number of nitrogens with zero attached hydrogens (tertiary/aromatic N) is 2. The monoisotopic (exact) mass is 141 g/mol. The van der Waals surface area contributed by atoms with E-state index in [0.29, 0.717) is 5.15 Å². The van der Waals surface area contributed by atoms with Gasteiger partial charge in [-0.15, -0.1) is 5.10 Å². The van der Waals surface area contributed by atoms with Gasteiger partial charge in [0.2, 0.25) is 0 Å². The molecular formula is C6H6ClN2. The van der Waals surface area contributed by atoms with Crippen LogP contribution in [0.15, 0.2) is 12.1 Å². The lowest BCUT2D eigenvalue weighted by molar-refractivity contribution is 0.987. The third kappa shape index (κ3) is 1.64. The van der Waals surface area contributed by atoms with Gasteiger partial charge in [0.25, 0.3) is 0 Å². The third-order valence-corrected chi connectivity index (χ3v) is 1.15. The van der Waals surface area contributed by atoms with Gasteiger partial charge in [0, 0.05) is 6.42 Å². The lowest BCUT2D eigenvalue weighted by Gasteiger charge is -1.90. The first-order valence-corrected chi connectivity index (χ1v) is 2.99. The van der Waals surface area contributed by atoms with Crippen LogP contribution in [-0.2, 0) is 0 Å². The van der Waals surface area contributed by atoms with Crippen LogP contribution >= 0.6 is 11.6 Å². The van der Waals surface area contributed by atoms with E-state index in [-0.39, 0.29) is 0 Å². The number of rotatable bonds is 1. The van der Waals surface area contributed by atoms with Crippen molar-refractivity contribution >= 4 is 11.6 Å². The van der Waals surface area contributed by atoms with E-state index in [9.17, 15) is 0 Å². The zero-order chi connectivity index (χ0) is 6.69. The van der Waals surface area contributed by atoms with Gasteiger partial charge in [-0.05, 0) is 12.1 Å². The molecule has 0 aliphatic heterocycles. The topological polar surface area (TPSA) is 25.8 Å². The lowest BCUT2D eigenvalue weighted by Crippen LogP contribution is -1.86. The second kappa shape index (κ2) is 2.78. The summed E-state index contributed by atoms with van der Waals surface area (Å²) in [6.07, 6.45) is 1.86. The highest BCUT2D eigenvalue weighted by molar-refractivity contribution is 6.29. The maximum Gasteiger partial charge on any atom is 0.151 e. The molecule has 0 amide bonds. The first-order chi connectivity index (χ1) is 4.33. The highest BCUT2D eigenvalue weighted by Crippen LogP contribution is 2.02. The molecule has 2 nitrogen and oxygen atoms in total. The van der Waals surface area contributed by atoms with Crippen molar-refractivity contribution in [2.75, 3.05) is 0 Å². The van der Waals surface area contributed by atoms with E-state index in [0.717, 1.165) is 5.69 Å². The maximum atomic E-state index is 5.48. The van der Waals surface area contributed by atoms with Crippen molar-refractivity contribution < 1.29 is 0 Å². The quantitative estimate of drug-likeness (QED) is 0.595. The molecule has 47 valence electrons. The fraction of sp³-hybridized carbons (Fsp3) is 0.167. The average Bonchev–Trinajstić information content (AvgIpc) is 1.90. The molecule has 0 aliphatic rings. The van der Waals surface area contributed by atoms with Gasteiger partial charge in [-0.3, -0.25) is 0 Å². The molecule has 0 fully saturated rings. The fourth-order valence-electron chi connectivity index (χ4n) is 0.480. The Morgan fingerprint density at radius 2 is 2.22 bits per heavy atom. The van der Waals surface area contributed by atoms with Crippen molar-refractivity contribution in [2.45, 2.75) is 6.92 Å². The predicted molar refractivity (Wildman–Crippen MR) is 36.1 cm³/mol. The molecule has 0 N–H and O–H groups in total. The number of aromatic nitrogens is 2. The van der Waals surface area contributed by atoms with Crippen LogP contribution in [0.2, 0.25) is 5.15 Å². The fourth-order valence-corrected chi connectivity index (χ4v) is 0.581. The Balaban J connectivity index is 2.88. The number of halogens is 1. The highest BCUT2D eigenvalue weighted by atomic mass is 35.5. The second-order valence-corrected chi connectivity index (χ2v) is 1.96. The molecule has 0 aromatic carbocycles. The summed E-state index contributed by atoms with van der Waals surface area (Å²) in [5.41, 5.74) is 0.847. The Morgan fingerprint density at radius 1 is 1.44 bits per heavy atom. The van der Waals surface area contributed by atoms with Crippen LogP contribution in [0.1, 0.15) is 12.6 Å². The van der Waals surface area contributed by atoms with E-state index in [2.05, 4.69) is 10.2 Å². The van der Waals surface area contributed by atoms with Crippen molar-refractivity contribution in [2.24, 2.45) is 0 Å². The van der Waals surface area contributed by atoms with E-state index < -0.39 is 0 Å². The standard InChI is InChI=1S/C6H6ClN2/c1-2-5-3-4-6(7)9-8-5/h2-4H,1H3. The molecule has 0 bridgehead atoms. The number of hydrogen-bond donors (Lipinski definition) is 0. The van der Waals surface area contributed by atoms with Gasteiger partial charge in [-0.2, -0.15) is 5.10 Å². The molecule has 1 aromatic rings. The minimum absolute atomic E-state index is 0.431. The van der Waals surface area contributed by atoms with Gasteiger partial charge in [-0.1, -0.05) is 18.5 Å². The molecule has 1 rings (SSSR count). The number of hydrogen-bond acceptors (Lipinski definition) is 2. The van der Waals surface area contributed by atoms with Crippen LogP contribution < -0.4 is 0 Å². The van der Waals surface area contributed by atoms with Gasteiger partial charge in [0.1, 0.15) is 0 Å². The highest BCUT2D eigenvalue weighted by Gasteiger charge is 1.89. The largest absolute Gasteiger partial charge is 0.154 e. The van der Waals surface area contributed by atoms with Crippen LogP contribution in [-0.4, -0.2) is 10.2 Å². The van der Waals surface area contributed by atoms with Crippen molar-refractivity contribution in [3.8, 4) is 0 Å². The predicted octanol–water partition coefficient (Wildman–Crippen LogP) is 1.70.